The summed E-state index contributed by atoms with van der Waals surface area (Å²) in [6.45, 7) is 0. The monoisotopic (exact) mass is 336 g/mol. The molecule has 0 bridgehead atoms. The van der Waals surface area contributed by atoms with Crippen LogP contribution in [-0.2, 0) is 0 Å². The Morgan fingerprint density at radius 2 is 1.75 bits per heavy atom. The normalized spacial score (nSPS) is 10.8. The number of nitrogens with one attached hydrogen (secondary N) is 1. The van der Waals surface area contributed by atoms with Crippen LogP contribution in [0, 0.1) is 0 Å². The number of aromatic amines is 1. The lowest BCUT2D eigenvalue weighted by Gasteiger charge is -2.01. The molecular formula is C11H5BrN4O4-2. The van der Waals surface area contributed by atoms with Gasteiger partial charge in [0.2, 0.25) is 5.95 Å². The number of benzene rings is 1. The van der Waals surface area contributed by atoms with Crippen LogP contribution in [0.15, 0.2) is 39.0 Å². The van der Waals surface area contributed by atoms with E-state index in [1.54, 1.807) is 24.3 Å². The molecule has 1 heterocycles. The summed E-state index contributed by atoms with van der Waals surface area (Å²) in [6.07, 6.45) is 0. The number of aromatic nitrogens is 2. The third kappa shape index (κ3) is 3.06. The number of carboxylic acids is 2. The van der Waals surface area contributed by atoms with Crippen molar-refractivity contribution in [1.82, 2.24) is 9.97 Å². The average Bonchev–Trinajstić information content (AvgIpc) is 2.83. The molecule has 9 heteroatoms. The van der Waals surface area contributed by atoms with Crippen LogP contribution in [0.4, 0.5) is 11.6 Å². The van der Waals surface area contributed by atoms with E-state index in [0.29, 0.717) is 5.69 Å². The van der Waals surface area contributed by atoms with Gasteiger partial charge in [-0.1, -0.05) is 15.9 Å². The molecule has 0 aliphatic carbocycles. The summed E-state index contributed by atoms with van der Waals surface area (Å²) < 4.78 is 0.855. The van der Waals surface area contributed by atoms with Gasteiger partial charge in [-0.2, -0.15) is 0 Å². The molecule has 0 aliphatic heterocycles. The molecule has 8 nitrogen and oxygen atoms in total. The predicted molar refractivity (Wildman–Crippen MR) is 65.6 cm³/mol. The van der Waals surface area contributed by atoms with Gasteiger partial charge in [0.1, 0.15) is 5.69 Å². The van der Waals surface area contributed by atoms with E-state index in [1.165, 1.54) is 0 Å². The zero-order valence-corrected chi connectivity index (χ0v) is 11.2. The van der Waals surface area contributed by atoms with E-state index in [0.717, 1.165) is 4.47 Å². The summed E-state index contributed by atoms with van der Waals surface area (Å²) in [7, 11) is 0. The van der Waals surface area contributed by atoms with Crippen LogP contribution in [0.1, 0.15) is 21.0 Å². The summed E-state index contributed by atoms with van der Waals surface area (Å²) in [6, 6.07) is 6.76. The summed E-state index contributed by atoms with van der Waals surface area (Å²) >= 11 is 3.25. The van der Waals surface area contributed by atoms with Crippen LogP contribution in [-0.4, -0.2) is 21.9 Å². The van der Waals surface area contributed by atoms with Gasteiger partial charge in [-0.15, -0.1) is 10.2 Å². The molecule has 0 radical (unpaired) electrons. The number of halogens is 1. The van der Waals surface area contributed by atoms with Crippen LogP contribution < -0.4 is 10.2 Å². The van der Waals surface area contributed by atoms with Crippen molar-refractivity contribution in [2.24, 2.45) is 10.2 Å². The zero-order valence-electron chi connectivity index (χ0n) is 9.66. The first kappa shape index (κ1) is 13.9. The largest absolute Gasteiger partial charge is 0.543 e. The number of azo groups is 1. The number of carbonyl (C=O) groups is 2. The number of rotatable bonds is 4. The topological polar surface area (TPSA) is 134 Å². The van der Waals surface area contributed by atoms with Gasteiger partial charge in [0.15, 0.2) is 0 Å². The van der Waals surface area contributed by atoms with Gasteiger partial charge in [0.05, 0.1) is 23.3 Å². The SMILES string of the molecule is O=C([O-])c1nc(N=Nc2ccc(Br)cc2)[nH]c1C(=O)[O-]. The van der Waals surface area contributed by atoms with Crippen LogP contribution >= 0.6 is 15.9 Å². The predicted octanol–water partition coefficient (Wildman–Crippen LogP) is 0.315. The molecule has 0 saturated heterocycles. The number of carboxylic acid groups (broad SMARTS) is 2. The first-order valence-corrected chi connectivity index (χ1v) is 5.96. The van der Waals surface area contributed by atoms with Crippen LogP contribution in [0.5, 0.6) is 0 Å². The number of nitrogens with zero attached hydrogens (tertiary/aromatic N) is 3. The van der Waals surface area contributed by atoms with Gasteiger partial charge >= 0.3 is 0 Å². The minimum absolute atomic E-state index is 0.272. The zero-order chi connectivity index (χ0) is 14.7. The smallest absolute Gasteiger partial charge is 0.247 e. The Hall–Kier alpha value is -2.55. The second-order valence-corrected chi connectivity index (χ2v) is 4.45. The molecule has 1 aromatic carbocycles. The maximum atomic E-state index is 10.7. The van der Waals surface area contributed by atoms with E-state index >= 15 is 0 Å². The Labute approximate surface area is 120 Å². The third-order valence-corrected chi connectivity index (χ3v) is 2.70. The van der Waals surface area contributed by atoms with E-state index < -0.39 is 23.3 Å². The minimum Gasteiger partial charge on any atom is -0.543 e. The molecule has 1 aromatic heterocycles. The standard InChI is InChI=1S/C11H7BrN4O4/c12-5-1-3-6(4-2-5)15-16-11-13-7(9(17)18)8(14-11)10(19)20/h1-4H,(H,13,14)(H,17,18)(H,19,20)/p-2. The fourth-order valence-electron chi connectivity index (χ4n) is 1.32. The quantitative estimate of drug-likeness (QED) is 0.802. The number of carbonyl (C=O) groups excluding carboxylic acids is 2. The Balaban J connectivity index is 2.30. The fraction of sp³-hybridized carbons (Fsp3) is 0. The van der Waals surface area contributed by atoms with Gasteiger partial charge < -0.3 is 24.8 Å². The van der Waals surface area contributed by atoms with Gasteiger partial charge in [-0.25, -0.2) is 4.98 Å². The number of hydrogen-bond acceptors (Lipinski definition) is 7. The van der Waals surface area contributed by atoms with Crippen molar-refractivity contribution < 1.29 is 19.8 Å². The van der Waals surface area contributed by atoms with Crippen LogP contribution in [0.3, 0.4) is 0 Å². The summed E-state index contributed by atoms with van der Waals surface area (Å²) in [4.78, 5) is 27.0. The Morgan fingerprint density at radius 3 is 2.25 bits per heavy atom. The van der Waals surface area contributed by atoms with E-state index in [9.17, 15) is 19.8 Å². The van der Waals surface area contributed by atoms with Crippen molar-refractivity contribution in [1.29, 1.82) is 0 Å². The first-order chi connectivity index (χ1) is 9.47. The van der Waals surface area contributed by atoms with Crippen molar-refractivity contribution in [2.75, 3.05) is 0 Å². The maximum Gasteiger partial charge on any atom is 0.247 e. The van der Waals surface area contributed by atoms with Crippen molar-refractivity contribution in [3.05, 3.63) is 40.1 Å². The molecule has 102 valence electrons. The molecule has 20 heavy (non-hydrogen) atoms. The summed E-state index contributed by atoms with van der Waals surface area (Å²) in [5, 5.41) is 28.8. The average molecular weight is 337 g/mol. The fourth-order valence-corrected chi connectivity index (χ4v) is 1.58. The Bertz CT molecular complexity index is 661. The number of H-pyrrole nitrogens is 1. The highest BCUT2D eigenvalue weighted by Crippen LogP contribution is 2.19. The van der Waals surface area contributed by atoms with E-state index in [1.807, 2.05) is 0 Å². The van der Waals surface area contributed by atoms with E-state index in [-0.39, 0.29) is 5.95 Å². The lowest BCUT2D eigenvalue weighted by atomic mass is 10.3. The third-order valence-electron chi connectivity index (χ3n) is 2.18. The molecule has 1 N–H and O–H groups in total. The lowest BCUT2D eigenvalue weighted by molar-refractivity contribution is -0.260. The van der Waals surface area contributed by atoms with E-state index in [4.69, 9.17) is 0 Å². The van der Waals surface area contributed by atoms with Crippen molar-refractivity contribution >= 4 is 39.5 Å². The number of hydrogen-bond donors (Lipinski definition) is 1. The molecule has 2 aromatic rings. The Morgan fingerprint density at radius 1 is 1.10 bits per heavy atom. The maximum absolute atomic E-state index is 10.7. The molecule has 0 spiro atoms. The highest BCUT2D eigenvalue weighted by atomic mass is 79.9. The highest BCUT2D eigenvalue weighted by molar-refractivity contribution is 9.10. The molecule has 0 unspecified atom stereocenters. The summed E-state index contributed by atoms with van der Waals surface area (Å²) in [5.74, 6) is -3.74. The highest BCUT2D eigenvalue weighted by Gasteiger charge is 2.11. The van der Waals surface area contributed by atoms with Gasteiger partial charge in [0, 0.05) is 4.47 Å². The molecule has 0 aliphatic rings. The Kier molecular flexibility index (Phi) is 3.89. The molecule has 0 amide bonds. The molecule has 0 saturated carbocycles. The second kappa shape index (κ2) is 5.61. The van der Waals surface area contributed by atoms with Crippen molar-refractivity contribution in [3.8, 4) is 0 Å². The lowest BCUT2D eigenvalue weighted by Crippen LogP contribution is -2.30. The molecule has 2 rings (SSSR count). The van der Waals surface area contributed by atoms with Crippen molar-refractivity contribution in [3.63, 3.8) is 0 Å². The van der Waals surface area contributed by atoms with E-state index in [2.05, 4.69) is 36.1 Å². The summed E-state index contributed by atoms with van der Waals surface area (Å²) in [5.41, 5.74) is -1.01. The van der Waals surface area contributed by atoms with Gasteiger partial charge in [0.25, 0.3) is 0 Å². The minimum atomic E-state index is -1.74. The van der Waals surface area contributed by atoms with Crippen LogP contribution in [0.2, 0.25) is 0 Å². The second-order valence-electron chi connectivity index (χ2n) is 3.54. The van der Waals surface area contributed by atoms with Crippen molar-refractivity contribution in [2.45, 2.75) is 0 Å². The van der Waals surface area contributed by atoms with Gasteiger partial charge in [-0.05, 0) is 24.3 Å². The van der Waals surface area contributed by atoms with Crippen LogP contribution in [0.25, 0.3) is 0 Å². The number of imidazole rings is 1. The molecular weight excluding hydrogens is 332 g/mol. The van der Waals surface area contributed by atoms with Gasteiger partial charge in [-0.3, -0.25) is 0 Å². The molecule has 0 atom stereocenters. The first-order valence-electron chi connectivity index (χ1n) is 5.17. The molecule has 0 fully saturated rings. The number of aromatic carboxylic acids is 2.